The van der Waals surface area contributed by atoms with Gasteiger partial charge in [-0.05, 0) is 68.2 Å². The molecule has 26 heavy (non-hydrogen) atoms. The van der Waals surface area contributed by atoms with Crippen LogP contribution in [0.15, 0.2) is 35.5 Å². The van der Waals surface area contributed by atoms with Gasteiger partial charge in [-0.15, -0.1) is 0 Å². The molecule has 1 aliphatic heterocycles. The van der Waals surface area contributed by atoms with Crippen molar-refractivity contribution in [3.8, 4) is 0 Å². The molecule has 3 fully saturated rings. The second-order valence-corrected chi connectivity index (χ2v) is 9.09. The van der Waals surface area contributed by atoms with E-state index in [-0.39, 0.29) is 40.8 Å². The van der Waals surface area contributed by atoms with Crippen molar-refractivity contribution in [1.29, 1.82) is 0 Å². The maximum atomic E-state index is 13.2. The summed E-state index contributed by atoms with van der Waals surface area (Å²) in [5.41, 5.74) is 1.63. The summed E-state index contributed by atoms with van der Waals surface area (Å²) in [4.78, 5) is 39.8. The summed E-state index contributed by atoms with van der Waals surface area (Å²) in [7, 11) is 1.84. The average Bonchev–Trinajstić information content (AvgIpc) is 3.02. The molecule has 4 aliphatic carbocycles. The average molecular weight is 351 g/mol. The first-order chi connectivity index (χ1) is 12.3. The standard InChI is InChI=1S/C22H25NO3/c1-12-19-18(25)11-17-15-5-4-13-10-14(24)6-8-21(13,2)16(15)7-9-22(17,19)20(26)23(12)3/h6,8,10-12,15-16,19H,4-5,7,9H2,1-3H3/t12-,15+,16-,19-,21-,22+/m0/s1. The van der Waals surface area contributed by atoms with Crippen LogP contribution in [0.25, 0.3) is 0 Å². The molecular weight excluding hydrogens is 326 g/mol. The molecule has 136 valence electrons. The Hall–Kier alpha value is -1.97. The third kappa shape index (κ3) is 1.64. The molecule has 2 saturated carbocycles. The second kappa shape index (κ2) is 4.85. The van der Waals surface area contributed by atoms with Crippen molar-refractivity contribution in [3.63, 3.8) is 0 Å². The third-order valence-corrected chi connectivity index (χ3v) is 8.28. The second-order valence-electron chi connectivity index (χ2n) is 9.09. The lowest BCUT2D eigenvalue weighted by atomic mass is 9.49. The highest BCUT2D eigenvalue weighted by molar-refractivity contribution is 6.07. The number of likely N-dealkylation sites (tertiary alicyclic amines) is 1. The first kappa shape index (κ1) is 16.2. The normalized spacial score (nSPS) is 46.4. The van der Waals surface area contributed by atoms with Crippen LogP contribution in [0.1, 0.15) is 39.5 Å². The van der Waals surface area contributed by atoms with Gasteiger partial charge in [-0.3, -0.25) is 14.4 Å². The summed E-state index contributed by atoms with van der Waals surface area (Å²) in [6, 6.07) is -0.0258. The van der Waals surface area contributed by atoms with E-state index in [1.54, 1.807) is 11.0 Å². The molecule has 0 unspecified atom stereocenters. The Labute approximate surface area is 154 Å². The van der Waals surface area contributed by atoms with Crippen LogP contribution in [-0.2, 0) is 14.4 Å². The monoisotopic (exact) mass is 351 g/mol. The Bertz CT molecular complexity index is 849. The molecule has 4 nitrogen and oxygen atoms in total. The van der Waals surface area contributed by atoms with Crippen molar-refractivity contribution in [2.45, 2.75) is 45.6 Å². The van der Waals surface area contributed by atoms with Crippen molar-refractivity contribution in [3.05, 3.63) is 35.5 Å². The quantitative estimate of drug-likeness (QED) is 0.674. The lowest BCUT2D eigenvalue weighted by molar-refractivity contribution is -0.137. The number of hydrogen-bond acceptors (Lipinski definition) is 3. The molecule has 1 spiro atoms. The summed E-state index contributed by atoms with van der Waals surface area (Å²) < 4.78 is 0. The number of allylic oxidation sites excluding steroid dienone is 5. The fourth-order valence-corrected chi connectivity index (χ4v) is 6.90. The maximum absolute atomic E-state index is 13.2. The SMILES string of the molecule is C[C@H]1[C@H]2C(=O)C=C3[C@@H]4CCC5=CC(=O)C=C[C@]5(C)[C@H]4CC[C@@]32C(=O)N1C. The van der Waals surface area contributed by atoms with Gasteiger partial charge >= 0.3 is 0 Å². The molecule has 5 rings (SSSR count). The molecule has 0 aromatic rings. The van der Waals surface area contributed by atoms with Gasteiger partial charge in [0, 0.05) is 18.5 Å². The fourth-order valence-electron chi connectivity index (χ4n) is 6.90. The lowest BCUT2D eigenvalue weighted by Gasteiger charge is -2.54. The van der Waals surface area contributed by atoms with E-state index in [0.29, 0.717) is 5.92 Å². The summed E-state index contributed by atoms with van der Waals surface area (Å²) in [5.74, 6) is 0.798. The number of nitrogens with zero attached hydrogens (tertiary/aromatic N) is 1. The van der Waals surface area contributed by atoms with Crippen LogP contribution in [0, 0.1) is 28.6 Å². The highest BCUT2D eigenvalue weighted by Crippen LogP contribution is 2.66. The number of ketones is 2. The van der Waals surface area contributed by atoms with Crippen molar-refractivity contribution in [1.82, 2.24) is 4.90 Å². The van der Waals surface area contributed by atoms with Crippen LogP contribution in [-0.4, -0.2) is 35.5 Å². The number of amides is 1. The van der Waals surface area contributed by atoms with E-state index in [2.05, 4.69) is 13.0 Å². The topological polar surface area (TPSA) is 54.5 Å². The van der Waals surface area contributed by atoms with Crippen molar-refractivity contribution >= 4 is 17.5 Å². The minimum atomic E-state index is -0.585. The van der Waals surface area contributed by atoms with Crippen molar-refractivity contribution in [2.75, 3.05) is 7.05 Å². The molecule has 1 heterocycles. The van der Waals surface area contributed by atoms with Gasteiger partial charge in [0.15, 0.2) is 11.6 Å². The van der Waals surface area contributed by atoms with E-state index in [9.17, 15) is 14.4 Å². The molecule has 4 heteroatoms. The first-order valence-electron chi connectivity index (χ1n) is 9.78. The fraction of sp³-hybridized carbons (Fsp3) is 0.591. The minimum absolute atomic E-state index is 0.0258. The van der Waals surface area contributed by atoms with Crippen LogP contribution in [0.5, 0.6) is 0 Å². The summed E-state index contributed by atoms with van der Waals surface area (Å²) >= 11 is 0. The highest BCUT2D eigenvalue weighted by atomic mass is 16.2. The summed E-state index contributed by atoms with van der Waals surface area (Å²) in [5, 5.41) is 0. The van der Waals surface area contributed by atoms with Crippen LogP contribution < -0.4 is 0 Å². The first-order valence-corrected chi connectivity index (χ1v) is 9.78. The smallest absolute Gasteiger partial charge is 0.233 e. The van der Waals surface area contributed by atoms with Gasteiger partial charge in [-0.25, -0.2) is 0 Å². The van der Waals surface area contributed by atoms with Crippen LogP contribution in [0.4, 0.5) is 0 Å². The molecule has 0 bridgehead atoms. The number of hydrogen-bond donors (Lipinski definition) is 0. The Balaban J connectivity index is 1.60. The van der Waals surface area contributed by atoms with E-state index < -0.39 is 5.41 Å². The van der Waals surface area contributed by atoms with E-state index >= 15 is 0 Å². The van der Waals surface area contributed by atoms with E-state index in [0.717, 1.165) is 31.3 Å². The predicted molar refractivity (Wildman–Crippen MR) is 97.0 cm³/mol. The van der Waals surface area contributed by atoms with Crippen molar-refractivity contribution in [2.24, 2.45) is 28.6 Å². The molecule has 0 N–H and O–H groups in total. The Kier molecular flexibility index (Phi) is 3.02. The summed E-state index contributed by atoms with van der Waals surface area (Å²) in [6.07, 6.45) is 10.9. The molecule has 0 aromatic heterocycles. The summed E-state index contributed by atoms with van der Waals surface area (Å²) in [6.45, 7) is 4.24. The highest BCUT2D eigenvalue weighted by Gasteiger charge is 2.67. The Morgan fingerprint density at radius 3 is 2.69 bits per heavy atom. The van der Waals surface area contributed by atoms with Gasteiger partial charge in [-0.1, -0.05) is 18.6 Å². The van der Waals surface area contributed by atoms with Gasteiger partial charge in [0.1, 0.15) is 0 Å². The van der Waals surface area contributed by atoms with Gasteiger partial charge in [0.05, 0.1) is 11.3 Å². The van der Waals surface area contributed by atoms with E-state index in [4.69, 9.17) is 0 Å². The van der Waals surface area contributed by atoms with E-state index in [1.807, 2.05) is 26.1 Å². The number of carbonyl (C=O) groups excluding carboxylic acids is 3. The number of fused-ring (bicyclic) bond motifs is 4. The van der Waals surface area contributed by atoms with Gasteiger partial charge in [0.25, 0.3) is 0 Å². The van der Waals surface area contributed by atoms with Crippen LogP contribution in [0.2, 0.25) is 0 Å². The molecular formula is C22H25NO3. The number of carbonyl (C=O) groups is 3. The maximum Gasteiger partial charge on any atom is 0.233 e. The molecule has 0 aromatic carbocycles. The predicted octanol–water partition coefficient (Wildman–Crippen LogP) is 2.85. The van der Waals surface area contributed by atoms with Crippen molar-refractivity contribution < 1.29 is 14.4 Å². The number of rotatable bonds is 0. The Morgan fingerprint density at radius 1 is 1.15 bits per heavy atom. The zero-order valence-electron chi connectivity index (χ0n) is 15.6. The molecule has 1 amide bonds. The van der Waals surface area contributed by atoms with Gasteiger partial charge in [-0.2, -0.15) is 0 Å². The zero-order chi connectivity index (χ0) is 18.4. The third-order valence-electron chi connectivity index (χ3n) is 8.28. The van der Waals surface area contributed by atoms with Crippen LogP contribution >= 0.6 is 0 Å². The molecule has 1 saturated heterocycles. The Morgan fingerprint density at radius 2 is 1.92 bits per heavy atom. The molecule has 0 radical (unpaired) electrons. The lowest BCUT2D eigenvalue weighted by Crippen LogP contribution is -2.49. The zero-order valence-corrected chi connectivity index (χ0v) is 15.6. The molecule has 5 aliphatic rings. The minimum Gasteiger partial charge on any atom is -0.341 e. The van der Waals surface area contributed by atoms with Crippen LogP contribution in [0.3, 0.4) is 0 Å². The van der Waals surface area contributed by atoms with E-state index in [1.165, 1.54) is 5.57 Å². The largest absolute Gasteiger partial charge is 0.341 e. The van der Waals surface area contributed by atoms with Gasteiger partial charge in [0.2, 0.25) is 5.91 Å². The molecule has 6 atom stereocenters. The van der Waals surface area contributed by atoms with Gasteiger partial charge < -0.3 is 4.90 Å².